The summed E-state index contributed by atoms with van der Waals surface area (Å²) in [6, 6.07) is 11.2. The van der Waals surface area contributed by atoms with Gasteiger partial charge in [-0.15, -0.1) is 0 Å². The molecule has 0 radical (unpaired) electrons. The van der Waals surface area contributed by atoms with Gasteiger partial charge in [0.05, 0.1) is 12.3 Å². The van der Waals surface area contributed by atoms with Crippen molar-refractivity contribution in [3.63, 3.8) is 0 Å². The van der Waals surface area contributed by atoms with E-state index in [4.69, 9.17) is 11.6 Å². The lowest BCUT2D eigenvalue weighted by molar-refractivity contribution is 0.0638. The minimum absolute atomic E-state index is 0.396. The zero-order chi connectivity index (χ0) is 18.0. The highest BCUT2D eigenvalue weighted by molar-refractivity contribution is 5.25. The number of ether oxygens (including phenoxy) is 1. The molecule has 1 aromatic carbocycles. The first kappa shape index (κ1) is 8.51. The molecule has 4 heteroatoms. The second kappa shape index (κ2) is 6.50. The van der Waals surface area contributed by atoms with Gasteiger partial charge in [0.1, 0.15) is 6.10 Å². The molecule has 0 saturated carbocycles. The molecule has 2 aromatic rings. The predicted molar refractivity (Wildman–Crippen MR) is 76.0 cm³/mol. The van der Waals surface area contributed by atoms with Crippen LogP contribution in [0.4, 0.5) is 0 Å². The van der Waals surface area contributed by atoms with Crippen LogP contribution in [-0.4, -0.2) is 41.8 Å². The van der Waals surface area contributed by atoms with Crippen molar-refractivity contribution in [2.45, 2.75) is 6.10 Å². The number of hydrogen-bond donors (Lipinski definition) is 0. The summed E-state index contributed by atoms with van der Waals surface area (Å²) in [7, 11) is 3.00. The molecule has 1 atom stereocenters. The summed E-state index contributed by atoms with van der Waals surface area (Å²) in [4.78, 5) is 0.700. The van der Waals surface area contributed by atoms with Crippen LogP contribution in [0.15, 0.2) is 42.6 Å². The molecule has 0 spiro atoms. The Morgan fingerprint density at radius 2 is 2.21 bits per heavy atom. The summed E-state index contributed by atoms with van der Waals surface area (Å²) in [5, 5.41) is 4.12. The molecular weight excluding hydrogens is 238 g/mol. The van der Waals surface area contributed by atoms with Gasteiger partial charge in [0.25, 0.3) is 0 Å². The first-order valence-corrected chi connectivity index (χ1v) is 6.01. The van der Waals surface area contributed by atoms with Crippen LogP contribution in [-0.2, 0) is 11.8 Å². The van der Waals surface area contributed by atoms with Crippen LogP contribution in [0.2, 0.25) is 0 Å². The number of aryl methyl sites for hydroxylation is 1. The first-order chi connectivity index (χ1) is 11.1. The van der Waals surface area contributed by atoms with Gasteiger partial charge in [-0.25, -0.2) is 0 Å². The van der Waals surface area contributed by atoms with Crippen molar-refractivity contribution >= 4 is 0 Å². The third-order valence-electron chi connectivity index (χ3n) is 2.78. The standard InChI is InChI=1S/C15H21N3O/c1-17(2)11-12-19-15(13-7-5-4-6-8-13)14-9-10-16-18(14)3/h4-10,15H,11-12H2,1-3H3/i1D3,11D2. The smallest absolute Gasteiger partial charge is 0.124 e. The minimum Gasteiger partial charge on any atom is -0.366 e. The maximum absolute atomic E-state index is 8.01. The molecule has 0 aliphatic carbocycles. The lowest BCUT2D eigenvalue weighted by Crippen LogP contribution is -2.20. The molecule has 0 aliphatic rings. The maximum Gasteiger partial charge on any atom is 0.124 e. The molecule has 0 saturated heterocycles. The number of aromatic nitrogens is 2. The van der Waals surface area contributed by atoms with Gasteiger partial charge in [0, 0.05) is 26.6 Å². The Labute approximate surface area is 121 Å². The van der Waals surface area contributed by atoms with E-state index < -0.39 is 26.2 Å². The average Bonchev–Trinajstić information content (AvgIpc) is 2.93. The van der Waals surface area contributed by atoms with E-state index in [-0.39, 0.29) is 0 Å². The topological polar surface area (TPSA) is 30.3 Å². The van der Waals surface area contributed by atoms with Gasteiger partial charge in [-0.3, -0.25) is 4.68 Å². The van der Waals surface area contributed by atoms with Gasteiger partial charge >= 0.3 is 0 Å². The minimum atomic E-state index is -2.54. The number of rotatable bonds is 6. The Morgan fingerprint density at radius 3 is 2.84 bits per heavy atom. The van der Waals surface area contributed by atoms with Crippen LogP contribution < -0.4 is 0 Å². The zero-order valence-corrected chi connectivity index (χ0v) is 11.1. The van der Waals surface area contributed by atoms with Crippen molar-refractivity contribution in [2.75, 3.05) is 27.1 Å². The number of benzene rings is 1. The summed E-state index contributed by atoms with van der Waals surface area (Å²) in [5.41, 5.74) is 1.60. The Bertz CT molecular complexity index is 657. The highest BCUT2D eigenvalue weighted by atomic mass is 16.5. The molecule has 0 N–H and O–H groups in total. The van der Waals surface area contributed by atoms with Crippen molar-refractivity contribution in [1.82, 2.24) is 14.7 Å². The monoisotopic (exact) mass is 264 g/mol. The highest BCUT2D eigenvalue weighted by Crippen LogP contribution is 2.25. The van der Waals surface area contributed by atoms with Gasteiger partial charge in [-0.1, -0.05) is 30.3 Å². The number of nitrogens with zero attached hydrogens (tertiary/aromatic N) is 3. The summed E-state index contributed by atoms with van der Waals surface area (Å²) in [5.74, 6) is 0. The van der Waals surface area contributed by atoms with E-state index >= 15 is 0 Å². The van der Waals surface area contributed by atoms with Crippen LogP contribution in [0.1, 0.15) is 24.2 Å². The molecule has 0 bridgehead atoms. The fourth-order valence-corrected chi connectivity index (χ4v) is 1.84. The SMILES string of the molecule is [2H]C([2H])([2H])N(C)C([2H])([2H])COC(c1ccccc1)c1ccnn1C. The Morgan fingerprint density at radius 1 is 1.42 bits per heavy atom. The van der Waals surface area contributed by atoms with Crippen LogP contribution in [0.25, 0.3) is 0 Å². The van der Waals surface area contributed by atoms with Crippen LogP contribution in [0.5, 0.6) is 0 Å². The largest absolute Gasteiger partial charge is 0.366 e. The third kappa shape index (κ3) is 3.66. The predicted octanol–water partition coefficient (Wildman–Crippen LogP) is 2.09. The van der Waals surface area contributed by atoms with E-state index in [1.807, 2.05) is 30.3 Å². The van der Waals surface area contributed by atoms with E-state index in [2.05, 4.69) is 5.10 Å². The molecule has 0 fully saturated rings. The molecule has 4 nitrogen and oxygen atoms in total. The fraction of sp³-hybridized carbons (Fsp3) is 0.400. The van der Waals surface area contributed by atoms with Crippen molar-refractivity contribution < 1.29 is 11.6 Å². The Hall–Kier alpha value is -1.65. The Kier molecular flexibility index (Phi) is 2.91. The van der Waals surface area contributed by atoms with E-state index in [0.29, 0.717) is 4.90 Å². The molecule has 2 rings (SSSR count). The van der Waals surface area contributed by atoms with E-state index in [1.54, 1.807) is 24.0 Å². The van der Waals surface area contributed by atoms with E-state index in [1.165, 1.54) is 7.05 Å². The van der Waals surface area contributed by atoms with Crippen molar-refractivity contribution in [3.05, 3.63) is 53.9 Å². The first-order valence-electron chi connectivity index (χ1n) is 8.51. The number of hydrogen-bond acceptors (Lipinski definition) is 3. The zero-order valence-electron chi connectivity index (χ0n) is 16.1. The molecule has 1 unspecified atom stereocenters. The lowest BCUT2D eigenvalue weighted by Gasteiger charge is -2.20. The quantitative estimate of drug-likeness (QED) is 0.800. The molecule has 102 valence electrons. The lowest BCUT2D eigenvalue weighted by atomic mass is 10.1. The molecule has 0 amide bonds. The summed E-state index contributed by atoms with van der Waals surface area (Å²) >= 11 is 0. The highest BCUT2D eigenvalue weighted by Gasteiger charge is 2.17. The van der Waals surface area contributed by atoms with Gasteiger partial charge in [0.15, 0.2) is 0 Å². The maximum atomic E-state index is 8.01. The van der Waals surface area contributed by atoms with Crippen molar-refractivity contribution in [2.24, 2.45) is 7.05 Å². The molecular formula is C15H21N3O. The Balaban J connectivity index is 2.23. The second-order valence-corrected chi connectivity index (χ2v) is 4.20. The normalized spacial score (nSPS) is 18.2. The van der Waals surface area contributed by atoms with E-state index in [9.17, 15) is 0 Å². The third-order valence-corrected chi connectivity index (χ3v) is 2.78. The molecule has 1 aromatic heterocycles. The summed E-state index contributed by atoms with van der Waals surface area (Å²) in [6.45, 7) is -5.08. The van der Waals surface area contributed by atoms with Crippen LogP contribution >= 0.6 is 0 Å². The molecule has 1 heterocycles. The van der Waals surface area contributed by atoms with Gasteiger partial charge in [0.2, 0.25) is 0 Å². The van der Waals surface area contributed by atoms with Crippen LogP contribution in [0.3, 0.4) is 0 Å². The fourth-order valence-electron chi connectivity index (χ4n) is 1.84. The van der Waals surface area contributed by atoms with Crippen molar-refractivity contribution in [1.29, 1.82) is 0 Å². The second-order valence-electron chi connectivity index (χ2n) is 4.20. The van der Waals surface area contributed by atoms with E-state index in [0.717, 1.165) is 11.3 Å². The average molecular weight is 264 g/mol. The van der Waals surface area contributed by atoms with Gasteiger partial charge in [-0.05, 0) is 25.7 Å². The van der Waals surface area contributed by atoms with Crippen molar-refractivity contribution in [3.8, 4) is 0 Å². The van der Waals surface area contributed by atoms with Gasteiger partial charge in [-0.2, -0.15) is 5.10 Å². The number of likely N-dealkylation sites (N-methyl/N-ethyl adjacent to an activating group) is 1. The van der Waals surface area contributed by atoms with Crippen LogP contribution in [0, 0.1) is 0 Å². The molecule has 0 aliphatic heterocycles. The summed E-state index contributed by atoms with van der Waals surface area (Å²) in [6.07, 6.45) is 1.09. The van der Waals surface area contributed by atoms with Gasteiger partial charge < -0.3 is 9.64 Å². The summed E-state index contributed by atoms with van der Waals surface area (Å²) < 4.78 is 45.6. The molecule has 19 heavy (non-hydrogen) atoms.